The zero-order valence-electron chi connectivity index (χ0n) is 15.7. The van der Waals surface area contributed by atoms with Crippen molar-refractivity contribution in [1.82, 2.24) is 0 Å². The molecule has 1 fully saturated rings. The van der Waals surface area contributed by atoms with Crippen molar-refractivity contribution in [2.75, 3.05) is 0 Å². The van der Waals surface area contributed by atoms with Crippen LogP contribution in [0.5, 0.6) is 0 Å². The van der Waals surface area contributed by atoms with E-state index in [4.69, 9.17) is 16.5 Å². The largest absolute Gasteiger partial charge is 0.418 e. The molecule has 1 rings (SSSR count). The lowest BCUT2D eigenvalue weighted by Crippen LogP contribution is -2.61. The number of rotatable bonds is 7. The molecule has 0 N–H and O–H groups in total. The summed E-state index contributed by atoms with van der Waals surface area (Å²) in [4.78, 5) is 0. The molecule has 1 aliphatic rings. The highest BCUT2D eigenvalue weighted by atomic mass is 28.5. The van der Waals surface area contributed by atoms with Crippen molar-refractivity contribution in [3.05, 3.63) is 0 Å². The lowest BCUT2D eigenvalue weighted by molar-refractivity contribution is 0.247. The first-order valence-electron chi connectivity index (χ1n) is 8.81. The Labute approximate surface area is 142 Å². The van der Waals surface area contributed by atoms with Gasteiger partial charge in [-0.05, 0) is 45.3 Å². The van der Waals surface area contributed by atoms with Gasteiger partial charge in [0.1, 0.15) is 0 Å². The molecule has 22 heavy (non-hydrogen) atoms. The van der Waals surface area contributed by atoms with Crippen molar-refractivity contribution in [1.29, 1.82) is 0 Å². The van der Waals surface area contributed by atoms with Crippen molar-refractivity contribution in [3.8, 4) is 0 Å². The third kappa shape index (κ3) is 8.53. The molecule has 132 valence electrons. The highest BCUT2D eigenvalue weighted by molar-refractivity contribution is 6.89. The minimum Gasteiger partial charge on any atom is -0.418 e. The zero-order valence-corrected chi connectivity index (χ0v) is 19.8. The topological polar surface area (TPSA) is 36.9 Å². The van der Waals surface area contributed by atoms with Crippen LogP contribution in [0.15, 0.2) is 0 Å². The van der Waals surface area contributed by atoms with E-state index in [9.17, 15) is 0 Å². The summed E-state index contributed by atoms with van der Waals surface area (Å²) in [6, 6.07) is 1.09. The van der Waals surface area contributed by atoms with Crippen LogP contribution in [0.2, 0.25) is 45.3 Å². The molecular formula is C14H36O4Si4. The van der Waals surface area contributed by atoms with Gasteiger partial charge in [0, 0.05) is 0 Å². The third-order valence-corrected chi connectivity index (χ3v) is 19.0. The van der Waals surface area contributed by atoms with Crippen molar-refractivity contribution in [2.45, 2.75) is 90.8 Å². The molecule has 8 heteroatoms. The van der Waals surface area contributed by atoms with Gasteiger partial charge >= 0.3 is 35.0 Å². The Kier molecular flexibility index (Phi) is 8.21. The van der Waals surface area contributed by atoms with Crippen LogP contribution in [-0.2, 0) is 16.5 Å². The molecule has 1 heterocycles. The highest BCUT2D eigenvalue weighted by Crippen LogP contribution is 2.28. The second kappa shape index (κ2) is 8.70. The van der Waals surface area contributed by atoms with Gasteiger partial charge in [-0.3, -0.25) is 0 Å². The van der Waals surface area contributed by atoms with Gasteiger partial charge in [-0.1, -0.05) is 45.4 Å². The van der Waals surface area contributed by atoms with Crippen LogP contribution in [0.3, 0.4) is 0 Å². The normalized spacial score (nSPS) is 24.7. The molecule has 0 aromatic heterocycles. The van der Waals surface area contributed by atoms with E-state index in [2.05, 4.69) is 46.2 Å². The van der Waals surface area contributed by atoms with Crippen LogP contribution in [0, 0.1) is 0 Å². The molecule has 0 amide bonds. The maximum atomic E-state index is 6.40. The first-order chi connectivity index (χ1) is 10.1. The van der Waals surface area contributed by atoms with E-state index in [1.54, 1.807) is 0 Å². The van der Waals surface area contributed by atoms with E-state index in [1.165, 1.54) is 38.5 Å². The summed E-state index contributed by atoms with van der Waals surface area (Å²) < 4.78 is 25.4. The summed E-state index contributed by atoms with van der Waals surface area (Å²) >= 11 is 0. The van der Waals surface area contributed by atoms with Gasteiger partial charge in [0.2, 0.25) is 0 Å². The summed E-state index contributed by atoms with van der Waals surface area (Å²) in [6.07, 6.45) is 7.87. The molecule has 4 nitrogen and oxygen atoms in total. The van der Waals surface area contributed by atoms with E-state index in [0.717, 1.165) is 6.04 Å². The van der Waals surface area contributed by atoms with E-state index >= 15 is 0 Å². The summed E-state index contributed by atoms with van der Waals surface area (Å²) in [7, 11) is -8.04. The summed E-state index contributed by atoms with van der Waals surface area (Å²) in [6.45, 7) is 15.0. The van der Waals surface area contributed by atoms with Gasteiger partial charge in [0.05, 0.1) is 0 Å². The number of hydrogen-bond acceptors (Lipinski definition) is 4. The Hall–Kier alpha value is 0.708. The molecule has 0 radical (unpaired) electrons. The third-order valence-electron chi connectivity index (χ3n) is 3.61. The minimum absolute atomic E-state index is 1.09. The van der Waals surface area contributed by atoms with Crippen LogP contribution >= 0.6 is 0 Å². The molecule has 1 aliphatic heterocycles. The number of unbranched alkanes of at least 4 members (excludes halogenated alkanes) is 5. The smallest absolute Gasteiger partial charge is 0.314 e. The first-order valence-corrected chi connectivity index (χ1v) is 19.0. The maximum absolute atomic E-state index is 6.40. The summed E-state index contributed by atoms with van der Waals surface area (Å²) in [5.41, 5.74) is 0. The molecule has 0 atom stereocenters. The Balaban J connectivity index is 2.51. The van der Waals surface area contributed by atoms with E-state index in [0.29, 0.717) is 0 Å². The van der Waals surface area contributed by atoms with Crippen molar-refractivity contribution < 1.29 is 16.5 Å². The van der Waals surface area contributed by atoms with Gasteiger partial charge < -0.3 is 16.5 Å². The van der Waals surface area contributed by atoms with Gasteiger partial charge in [-0.2, -0.15) is 0 Å². The minimum atomic E-state index is -2.13. The Morgan fingerprint density at radius 3 is 1.59 bits per heavy atom. The van der Waals surface area contributed by atoms with Crippen LogP contribution in [0.4, 0.5) is 0 Å². The molecule has 0 aromatic carbocycles. The molecule has 0 unspecified atom stereocenters. The van der Waals surface area contributed by atoms with E-state index < -0.39 is 35.0 Å². The highest BCUT2D eigenvalue weighted by Gasteiger charge is 2.47. The fourth-order valence-electron chi connectivity index (χ4n) is 3.12. The predicted octanol–water partition coefficient (Wildman–Crippen LogP) is 4.75. The molecule has 0 saturated carbocycles. The maximum Gasteiger partial charge on any atom is 0.314 e. The molecule has 0 spiro atoms. The second-order valence-corrected chi connectivity index (χ2v) is 21.0. The predicted molar refractivity (Wildman–Crippen MR) is 102 cm³/mol. The quantitative estimate of drug-likeness (QED) is 0.471. The zero-order chi connectivity index (χ0) is 16.9. The monoisotopic (exact) mass is 380 g/mol. The van der Waals surface area contributed by atoms with Crippen LogP contribution in [0.25, 0.3) is 0 Å². The Morgan fingerprint density at radius 1 is 0.636 bits per heavy atom. The van der Waals surface area contributed by atoms with Gasteiger partial charge in [0.25, 0.3) is 0 Å². The Morgan fingerprint density at radius 2 is 1.09 bits per heavy atom. The fraction of sp³-hybridized carbons (Fsp3) is 1.00. The lowest BCUT2D eigenvalue weighted by atomic mass is 10.1. The molecule has 0 aliphatic carbocycles. The van der Waals surface area contributed by atoms with Gasteiger partial charge in [-0.15, -0.1) is 0 Å². The van der Waals surface area contributed by atoms with E-state index in [-0.39, 0.29) is 0 Å². The summed E-state index contributed by atoms with van der Waals surface area (Å²) in [5.74, 6) is 0. The standard InChI is InChI=1S/C14H36O4Si4/c1-8-9-10-11-12-13-14-19-15-20(2,3)17-22(6,7)18-21(4,5)16-19/h19H,8-14H2,1-7H3. The van der Waals surface area contributed by atoms with Crippen molar-refractivity contribution in [3.63, 3.8) is 0 Å². The average Bonchev–Trinajstić information content (AvgIpc) is 2.27. The first kappa shape index (κ1) is 20.8. The second-order valence-electron chi connectivity index (χ2n) is 7.63. The molecule has 0 bridgehead atoms. The van der Waals surface area contributed by atoms with Gasteiger partial charge in [-0.25, -0.2) is 0 Å². The summed E-state index contributed by atoms with van der Waals surface area (Å²) in [5, 5.41) is 0. The average molecular weight is 381 g/mol. The van der Waals surface area contributed by atoms with Crippen molar-refractivity contribution >= 4 is 35.0 Å². The van der Waals surface area contributed by atoms with Crippen LogP contribution in [-0.4, -0.2) is 35.0 Å². The number of hydrogen-bond donors (Lipinski definition) is 0. The molecular weight excluding hydrogens is 344 g/mol. The lowest BCUT2D eigenvalue weighted by Gasteiger charge is -2.43. The molecule has 0 aromatic rings. The van der Waals surface area contributed by atoms with Gasteiger partial charge in [0.15, 0.2) is 0 Å². The van der Waals surface area contributed by atoms with Crippen LogP contribution < -0.4 is 0 Å². The Bertz CT molecular complexity index is 315. The SMILES string of the molecule is CCCCCCCC[SiH]1O[Si](C)(C)O[Si](C)(C)O[Si](C)(C)O1. The van der Waals surface area contributed by atoms with Crippen molar-refractivity contribution in [2.24, 2.45) is 0 Å². The fourth-order valence-corrected chi connectivity index (χ4v) is 21.6. The van der Waals surface area contributed by atoms with Crippen LogP contribution in [0.1, 0.15) is 45.4 Å². The van der Waals surface area contributed by atoms with E-state index in [1.807, 2.05) is 0 Å². The molecule has 1 saturated heterocycles.